The van der Waals surface area contributed by atoms with Crippen molar-refractivity contribution in [3.05, 3.63) is 241 Å². The summed E-state index contributed by atoms with van der Waals surface area (Å²) in [5.74, 6) is 0. The molecule has 12 rings (SSSR count). The number of rotatable bonds is 8. The molecule has 298 valence electrons. The van der Waals surface area contributed by atoms with Gasteiger partial charge in [0.2, 0.25) is 0 Å². The first-order valence-corrected chi connectivity index (χ1v) is 21.8. The molecule has 0 spiro atoms. The van der Waals surface area contributed by atoms with Crippen LogP contribution in [0.3, 0.4) is 0 Å². The molecule has 12 aromatic rings. The van der Waals surface area contributed by atoms with Crippen LogP contribution >= 0.6 is 0 Å². The molecule has 11 aromatic carbocycles. The lowest BCUT2D eigenvalue weighted by Crippen LogP contribution is -2.27. The van der Waals surface area contributed by atoms with Gasteiger partial charge >= 0.3 is 0 Å². The van der Waals surface area contributed by atoms with Crippen LogP contribution in [0.1, 0.15) is 22.9 Å². The van der Waals surface area contributed by atoms with Crippen LogP contribution in [0, 0.1) is 0 Å². The zero-order valence-corrected chi connectivity index (χ0v) is 34.7. The summed E-state index contributed by atoms with van der Waals surface area (Å²) in [5, 5.41) is 18.6. The van der Waals surface area contributed by atoms with Crippen molar-refractivity contribution in [2.24, 2.45) is 5.73 Å². The molecule has 0 fully saturated rings. The van der Waals surface area contributed by atoms with E-state index >= 15 is 0 Å². The summed E-state index contributed by atoms with van der Waals surface area (Å²) in [6.07, 6.45) is 2.64. The summed E-state index contributed by atoms with van der Waals surface area (Å²) < 4.78 is 2.46. The SMILES string of the molecule is NC(N/C(=C\Cc1ccc(-c2cc3c4ccccc4c4c(c5ccccc5n4-c4ccccc4)c3c3ccccc23)cc1)c1ccc2ccccc2c1)c1ccc2ccccc2c1. The maximum atomic E-state index is 6.94. The third-order valence-corrected chi connectivity index (χ3v) is 13.0. The zero-order valence-electron chi connectivity index (χ0n) is 34.7. The van der Waals surface area contributed by atoms with Gasteiger partial charge in [-0.3, -0.25) is 0 Å². The van der Waals surface area contributed by atoms with E-state index in [1.165, 1.54) is 92.4 Å². The summed E-state index contributed by atoms with van der Waals surface area (Å²) in [7, 11) is 0. The molecule has 3 nitrogen and oxygen atoms in total. The molecule has 0 saturated carbocycles. The number of para-hydroxylation sites is 2. The van der Waals surface area contributed by atoms with Gasteiger partial charge in [-0.1, -0.05) is 188 Å². The van der Waals surface area contributed by atoms with E-state index < -0.39 is 0 Å². The second-order valence-electron chi connectivity index (χ2n) is 16.7. The van der Waals surface area contributed by atoms with E-state index in [1.54, 1.807) is 0 Å². The van der Waals surface area contributed by atoms with Gasteiger partial charge < -0.3 is 15.6 Å². The highest BCUT2D eigenvalue weighted by molar-refractivity contribution is 6.38. The summed E-state index contributed by atoms with van der Waals surface area (Å²) in [4.78, 5) is 0. The predicted octanol–water partition coefficient (Wildman–Crippen LogP) is 15.0. The second kappa shape index (κ2) is 15.2. The molecule has 63 heavy (non-hydrogen) atoms. The number of aromatic nitrogens is 1. The van der Waals surface area contributed by atoms with E-state index in [1.807, 2.05) is 0 Å². The summed E-state index contributed by atoms with van der Waals surface area (Å²) in [6.45, 7) is 0. The van der Waals surface area contributed by atoms with Crippen molar-refractivity contribution in [1.82, 2.24) is 9.88 Å². The second-order valence-corrected chi connectivity index (χ2v) is 16.7. The molecule has 1 unspecified atom stereocenters. The highest BCUT2D eigenvalue weighted by Gasteiger charge is 2.21. The molecule has 1 aromatic heterocycles. The van der Waals surface area contributed by atoms with Gasteiger partial charge in [0.15, 0.2) is 0 Å². The Balaban J connectivity index is 0.964. The molecule has 1 heterocycles. The Labute approximate surface area is 366 Å². The van der Waals surface area contributed by atoms with Crippen LogP contribution in [0.15, 0.2) is 224 Å². The Bertz CT molecular complexity index is 3750. The lowest BCUT2D eigenvalue weighted by Gasteiger charge is -2.20. The molecule has 0 aliphatic rings. The van der Waals surface area contributed by atoms with Gasteiger partial charge in [0, 0.05) is 32.9 Å². The lowest BCUT2D eigenvalue weighted by molar-refractivity contribution is 0.667. The van der Waals surface area contributed by atoms with Crippen LogP contribution in [0.2, 0.25) is 0 Å². The van der Waals surface area contributed by atoms with Crippen LogP contribution in [0.4, 0.5) is 0 Å². The number of hydrogen-bond donors (Lipinski definition) is 2. The first-order valence-electron chi connectivity index (χ1n) is 21.8. The smallest absolute Gasteiger partial charge is 0.101 e. The van der Waals surface area contributed by atoms with Crippen LogP contribution in [-0.4, -0.2) is 4.57 Å². The third kappa shape index (κ3) is 6.33. The van der Waals surface area contributed by atoms with Gasteiger partial charge in [-0.05, 0) is 114 Å². The molecule has 3 N–H and O–H groups in total. The molecule has 0 bridgehead atoms. The minimum absolute atomic E-state index is 0.386. The first kappa shape index (κ1) is 36.8. The molecule has 0 saturated heterocycles. The van der Waals surface area contributed by atoms with Crippen molar-refractivity contribution in [2.75, 3.05) is 0 Å². The average molecular weight is 806 g/mol. The average Bonchev–Trinajstić information content (AvgIpc) is 3.70. The number of hydrogen-bond acceptors (Lipinski definition) is 2. The molecule has 1 atom stereocenters. The number of benzene rings is 11. The molecule has 0 aliphatic carbocycles. The van der Waals surface area contributed by atoms with E-state index in [2.05, 4.69) is 234 Å². The minimum atomic E-state index is -0.386. The van der Waals surface area contributed by atoms with Gasteiger partial charge in [0.1, 0.15) is 6.17 Å². The fraction of sp³-hybridized carbons (Fsp3) is 0.0333. The van der Waals surface area contributed by atoms with Crippen molar-refractivity contribution >= 4 is 81.4 Å². The van der Waals surface area contributed by atoms with Gasteiger partial charge in [0.25, 0.3) is 0 Å². The van der Waals surface area contributed by atoms with Crippen molar-refractivity contribution in [3.63, 3.8) is 0 Å². The van der Waals surface area contributed by atoms with Crippen LogP contribution in [0.5, 0.6) is 0 Å². The summed E-state index contributed by atoms with van der Waals surface area (Å²) in [6, 6.07) is 79.2. The number of nitrogens with two attached hydrogens (primary N) is 1. The predicted molar refractivity (Wildman–Crippen MR) is 268 cm³/mol. The van der Waals surface area contributed by atoms with Gasteiger partial charge in [-0.15, -0.1) is 0 Å². The fourth-order valence-electron chi connectivity index (χ4n) is 9.92. The van der Waals surface area contributed by atoms with Crippen molar-refractivity contribution in [3.8, 4) is 16.8 Å². The Morgan fingerprint density at radius 3 is 1.84 bits per heavy atom. The topological polar surface area (TPSA) is 43.0 Å². The maximum Gasteiger partial charge on any atom is 0.101 e. The van der Waals surface area contributed by atoms with E-state index in [9.17, 15) is 0 Å². The number of allylic oxidation sites excluding steroid dienone is 1. The van der Waals surface area contributed by atoms with Gasteiger partial charge in [-0.25, -0.2) is 0 Å². The molecule has 0 aliphatic heterocycles. The highest BCUT2D eigenvalue weighted by atomic mass is 15.0. The summed E-state index contributed by atoms with van der Waals surface area (Å²) >= 11 is 0. The molecular formula is C60H43N3. The lowest BCUT2D eigenvalue weighted by atomic mass is 9.88. The molecular weight excluding hydrogens is 763 g/mol. The Morgan fingerprint density at radius 1 is 0.476 bits per heavy atom. The van der Waals surface area contributed by atoms with Crippen molar-refractivity contribution in [2.45, 2.75) is 12.6 Å². The number of nitrogens with zero attached hydrogens (tertiary/aromatic N) is 1. The van der Waals surface area contributed by atoms with Crippen LogP contribution in [0.25, 0.3) is 98.2 Å². The first-order chi connectivity index (χ1) is 31.2. The fourth-order valence-corrected chi connectivity index (χ4v) is 9.92. The summed E-state index contributed by atoms with van der Waals surface area (Å²) in [5.41, 5.74) is 17.4. The molecule has 0 radical (unpaired) electrons. The monoisotopic (exact) mass is 805 g/mol. The van der Waals surface area contributed by atoms with Crippen molar-refractivity contribution < 1.29 is 0 Å². The third-order valence-electron chi connectivity index (χ3n) is 13.0. The normalized spacial score (nSPS) is 12.6. The number of nitrogens with one attached hydrogen (secondary N) is 1. The molecule has 0 amide bonds. The Kier molecular flexibility index (Phi) is 8.88. The Hall–Kier alpha value is -7.98. The molecule has 3 heteroatoms. The zero-order chi connectivity index (χ0) is 41.9. The van der Waals surface area contributed by atoms with Crippen LogP contribution < -0.4 is 11.1 Å². The van der Waals surface area contributed by atoms with Crippen molar-refractivity contribution in [1.29, 1.82) is 0 Å². The van der Waals surface area contributed by atoms with Gasteiger partial charge in [0.05, 0.1) is 11.0 Å². The minimum Gasteiger partial charge on any atom is -0.366 e. The van der Waals surface area contributed by atoms with E-state index in [-0.39, 0.29) is 6.17 Å². The number of fused-ring (bicyclic) bond motifs is 12. The standard InChI is InChI=1S/C60H43N3/c61-60(46-34-32-41-15-5-7-17-44(41)37-46)62-55(45-33-31-40-14-4-6-16-43(40)36-45)35-28-39-26-29-42(30-27-39)53-38-54-49-21-9-11-23-51(49)59-58(57(54)50-22-10-8-20-48(50)53)52-24-12-13-25-56(52)63(59)47-18-2-1-3-19-47/h1-27,29-38,60,62H,28,61H2/b55-35-. The maximum absolute atomic E-state index is 6.94. The Morgan fingerprint density at radius 2 is 1.08 bits per heavy atom. The van der Waals surface area contributed by atoms with E-state index in [4.69, 9.17) is 5.73 Å². The van der Waals surface area contributed by atoms with E-state index in [0.29, 0.717) is 0 Å². The van der Waals surface area contributed by atoms with Crippen LogP contribution in [-0.2, 0) is 6.42 Å². The quantitative estimate of drug-likeness (QED) is 0.119. The largest absolute Gasteiger partial charge is 0.366 e. The highest BCUT2D eigenvalue weighted by Crippen LogP contribution is 2.47. The van der Waals surface area contributed by atoms with E-state index in [0.717, 1.165) is 28.9 Å². The van der Waals surface area contributed by atoms with Gasteiger partial charge in [-0.2, -0.15) is 0 Å².